The van der Waals surface area contributed by atoms with Crippen LogP contribution < -0.4 is 0 Å². The topological polar surface area (TPSA) is 9.23 Å². The lowest BCUT2D eigenvalue weighted by atomic mass is 9.87. The lowest BCUT2D eigenvalue weighted by Gasteiger charge is -2.26. The van der Waals surface area contributed by atoms with E-state index in [1.807, 2.05) is 7.11 Å². The van der Waals surface area contributed by atoms with Gasteiger partial charge in [0.2, 0.25) is 0 Å². The number of methoxy groups -OCH3 is 1. The van der Waals surface area contributed by atoms with Gasteiger partial charge in [-0.15, -0.1) is 0 Å². The molecule has 1 nitrogen and oxygen atoms in total. The molecule has 0 aromatic carbocycles. The lowest BCUT2D eigenvalue weighted by molar-refractivity contribution is 0.0304. The van der Waals surface area contributed by atoms with E-state index in [0.29, 0.717) is 12.0 Å². The highest BCUT2D eigenvalue weighted by atomic mass is 16.5. The van der Waals surface area contributed by atoms with E-state index in [-0.39, 0.29) is 0 Å². The zero-order valence-electron chi connectivity index (χ0n) is 9.26. The van der Waals surface area contributed by atoms with Crippen LogP contribution in [0.25, 0.3) is 0 Å². The van der Waals surface area contributed by atoms with E-state index in [4.69, 9.17) is 4.74 Å². The summed E-state index contributed by atoms with van der Waals surface area (Å²) in [6.07, 6.45) is 4.14. The minimum absolute atomic E-state index is 0.463. The molecule has 0 rings (SSSR count). The SMILES string of the molecule is CCCC(OC)C(C)C(C)CC. The van der Waals surface area contributed by atoms with Crippen LogP contribution in [0.5, 0.6) is 0 Å². The molecule has 0 radical (unpaired) electrons. The third-order valence-corrected chi connectivity index (χ3v) is 3.00. The third kappa shape index (κ3) is 3.57. The van der Waals surface area contributed by atoms with Crippen LogP contribution in [0, 0.1) is 11.8 Å². The molecule has 0 amide bonds. The van der Waals surface area contributed by atoms with E-state index >= 15 is 0 Å². The molecule has 0 aromatic rings. The number of ether oxygens (including phenoxy) is 1. The Hall–Kier alpha value is -0.0400. The molecular weight excluding hydrogens is 148 g/mol. The zero-order valence-corrected chi connectivity index (χ0v) is 9.26. The summed E-state index contributed by atoms with van der Waals surface area (Å²) in [4.78, 5) is 0. The van der Waals surface area contributed by atoms with Crippen LogP contribution >= 0.6 is 0 Å². The summed E-state index contributed by atoms with van der Waals surface area (Å²) in [6.45, 7) is 9.08. The van der Waals surface area contributed by atoms with E-state index in [0.717, 1.165) is 5.92 Å². The molecule has 0 saturated carbocycles. The van der Waals surface area contributed by atoms with Gasteiger partial charge in [-0.1, -0.05) is 40.5 Å². The second kappa shape index (κ2) is 6.47. The van der Waals surface area contributed by atoms with Crippen LogP contribution in [0.2, 0.25) is 0 Å². The van der Waals surface area contributed by atoms with Crippen molar-refractivity contribution in [2.75, 3.05) is 7.11 Å². The van der Waals surface area contributed by atoms with Crippen molar-refractivity contribution in [3.05, 3.63) is 0 Å². The minimum atomic E-state index is 0.463. The molecule has 0 aliphatic rings. The van der Waals surface area contributed by atoms with Gasteiger partial charge in [-0.05, 0) is 18.3 Å². The van der Waals surface area contributed by atoms with Gasteiger partial charge in [0.25, 0.3) is 0 Å². The van der Waals surface area contributed by atoms with Gasteiger partial charge in [-0.2, -0.15) is 0 Å². The summed E-state index contributed by atoms with van der Waals surface area (Å²) in [5.41, 5.74) is 0. The average molecular weight is 172 g/mol. The summed E-state index contributed by atoms with van der Waals surface area (Å²) in [5, 5.41) is 0. The van der Waals surface area contributed by atoms with E-state index in [1.54, 1.807) is 0 Å². The van der Waals surface area contributed by atoms with E-state index in [9.17, 15) is 0 Å². The van der Waals surface area contributed by atoms with Crippen molar-refractivity contribution < 1.29 is 4.74 Å². The fraction of sp³-hybridized carbons (Fsp3) is 1.00. The third-order valence-electron chi connectivity index (χ3n) is 3.00. The number of rotatable bonds is 6. The largest absolute Gasteiger partial charge is 0.381 e. The minimum Gasteiger partial charge on any atom is -0.381 e. The Balaban J connectivity index is 3.91. The van der Waals surface area contributed by atoms with Crippen molar-refractivity contribution in [3.63, 3.8) is 0 Å². The molecule has 74 valence electrons. The quantitative estimate of drug-likeness (QED) is 0.596. The van der Waals surface area contributed by atoms with Crippen LogP contribution in [0.4, 0.5) is 0 Å². The van der Waals surface area contributed by atoms with Gasteiger partial charge < -0.3 is 4.74 Å². The zero-order chi connectivity index (χ0) is 9.56. The maximum atomic E-state index is 5.48. The van der Waals surface area contributed by atoms with E-state index in [1.165, 1.54) is 19.3 Å². The van der Waals surface area contributed by atoms with Crippen molar-refractivity contribution in [1.82, 2.24) is 0 Å². The standard InChI is InChI=1S/C11H24O/c1-6-8-11(12-5)10(4)9(3)7-2/h9-11H,6-8H2,1-5H3. The molecule has 1 heteroatoms. The van der Waals surface area contributed by atoms with Gasteiger partial charge in [0.05, 0.1) is 6.10 Å². The van der Waals surface area contributed by atoms with Gasteiger partial charge in [0.15, 0.2) is 0 Å². The Morgan fingerprint density at radius 1 is 1.17 bits per heavy atom. The van der Waals surface area contributed by atoms with Crippen molar-refractivity contribution in [2.45, 2.75) is 53.1 Å². The molecule has 0 saturated heterocycles. The molecular formula is C11H24O. The Morgan fingerprint density at radius 3 is 2.08 bits per heavy atom. The fourth-order valence-electron chi connectivity index (χ4n) is 1.62. The van der Waals surface area contributed by atoms with Crippen molar-refractivity contribution in [3.8, 4) is 0 Å². The molecule has 0 spiro atoms. The lowest BCUT2D eigenvalue weighted by Crippen LogP contribution is -2.25. The van der Waals surface area contributed by atoms with Gasteiger partial charge in [0.1, 0.15) is 0 Å². The van der Waals surface area contributed by atoms with Gasteiger partial charge in [-0.3, -0.25) is 0 Å². The van der Waals surface area contributed by atoms with Crippen LogP contribution in [0.3, 0.4) is 0 Å². The van der Waals surface area contributed by atoms with Gasteiger partial charge in [-0.25, -0.2) is 0 Å². The molecule has 0 aromatic heterocycles. The molecule has 0 aliphatic heterocycles. The maximum absolute atomic E-state index is 5.48. The maximum Gasteiger partial charge on any atom is 0.0599 e. The first-order chi connectivity index (χ1) is 5.67. The van der Waals surface area contributed by atoms with Gasteiger partial charge >= 0.3 is 0 Å². The van der Waals surface area contributed by atoms with E-state index < -0.39 is 0 Å². The predicted molar refractivity (Wildman–Crippen MR) is 54.3 cm³/mol. The highest BCUT2D eigenvalue weighted by Gasteiger charge is 2.20. The average Bonchev–Trinajstić information content (AvgIpc) is 2.11. The van der Waals surface area contributed by atoms with Crippen LogP contribution in [-0.4, -0.2) is 13.2 Å². The first kappa shape index (κ1) is 12.0. The highest BCUT2D eigenvalue weighted by Crippen LogP contribution is 2.22. The summed E-state index contributed by atoms with van der Waals surface area (Å²) < 4.78 is 5.48. The molecule has 3 unspecified atom stereocenters. The molecule has 12 heavy (non-hydrogen) atoms. The van der Waals surface area contributed by atoms with Crippen molar-refractivity contribution in [2.24, 2.45) is 11.8 Å². The summed E-state index contributed by atoms with van der Waals surface area (Å²) in [6, 6.07) is 0. The second-order valence-electron chi connectivity index (χ2n) is 3.81. The predicted octanol–water partition coefficient (Wildman–Crippen LogP) is 3.48. The Bertz CT molecular complexity index is 101. The van der Waals surface area contributed by atoms with Crippen LogP contribution in [-0.2, 0) is 4.74 Å². The first-order valence-electron chi connectivity index (χ1n) is 5.20. The number of hydrogen-bond acceptors (Lipinski definition) is 1. The van der Waals surface area contributed by atoms with Crippen molar-refractivity contribution in [1.29, 1.82) is 0 Å². The number of hydrogen-bond donors (Lipinski definition) is 0. The second-order valence-corrected chi connectivity index (χ2v) is 3.81. The van der Waals surface area contributed by atoms with E-state index in [2.05, 4.69) is 27.7 Å². The molecule has 3 atom stereocenters. The normalized spacial score (nSPS) is 18.8. The Morgan fingerprint density at radius 2 is 1.75 bits per heavy atom. The summed E-state index contributed by atoms with van der Waals surface area (Å²) in [7, 11) is 1.83. The first-order valence-corrected chi connectivity index (χ1v) is 5.20. The molecule has 0 fully saturated rings. The monoisotopic (exact) mass is 172 g/mol. The highest BCUT2D eigenvalue weighted by molar-refractivity contribution is 4.70. The summed E-state index contributed by atoms with van der Waals surface area (Å²) in [5.74, 6) is 1.47. The van der Waals surface area contributed by atoms with Crippen LogP contribution in [0.1, 0.15) is 47.0 Å². The van der Waals surface area contributed by atoms with Crippen LogP contribution in [0.15, 0.2) is 0 Å². The molecule has 0 bridgehead atoms. The Kier molecular flexibility index (Phi) is 6.45. The van der Waals surface area contributed by atoms with Crippen molar-refractivity contribution >= 4 is 0 Å². The fourth-order valence-corrected chi connectivity index (χ4v) is 1.62. The molecule has 0 N–H and O–H groups in total. The molecule has 0 heterocycles. The summed E-state index contributed by atoms with van der Waals surface area (Å²) >= 11 is 0. The molecule has 0 aliphatic carbocycles. The smallest absolute Gasteiger partial charge is 0.0599 e. The van der Waals surface area contributed by atoms with Gasteiger partial charge in [0, 0.05) is 7.11 Å². The Labute approximate surface area is 77.5 Å².